The predicted octanol–water partition coefficient (Wildman–Crippen LogP) is 7.37. The van der Waals surface area contributed by atoms with Crippen LogP contribution in [0.1, 0.15) is 37.7 Å². The van der Waals surface area contributed by atoms with E-state index in [9.17, 15) is 14.4 Å². The normalized spacial score (nSPS) is 15.1. The number of carbonyl (C=O) groups is 3. The van der Waals surface area contributed by atoms with Gasteiger partial charge in [-0.05, 0) is 63.0 Å². The number of aromatic nitrogens is 3. The van der Waals surface area contributed by atoms with Gasteiger partial charge in [-0.25, -0.2) is 9.48 Å². The van der Waals surface area contributed by atoms with Gasteiger partial charge in [-0.1, -0.05) is 62.7 Å². The minimum absolute atomic E-state index is 0.0680. The minimum Gasteiger partial charge on any atom is -0.457 e. The number of hydrogen-bond acceptors (Lipinski definition) is 8. The average molecular weight is 794 g/mol. The standard InChI is InChI=1S/C37H41N7O3.C6H11ClN2O/c1-25-10-12-27(13-11-25)44-34(24-33(41-44)37(2,3)4)40-36(46)39-31-14-15-32(30-9-7-6-8-29(30)31)47-28-16-17-38-26(22-28)23-35(45)43-20-18-42(5)19-21-43;1-8-2-4-9(5-3-8)6(7)10/h6-17,22,24H,18-21,23H2,1-5H3,(H2,39,40,46);2-5H2,1H3. The summed E-state index contributed by atoms with van der Waals surface area (Å²) >= 11 is 5.27. The van der Waals surface area contributed by atoms with Crippen molar-refractivity contribution in [3.8, 4) is 17.2 Å². The molecule has 7 rings (SSSR count). The fourth-order valence-corrected chi connectivity index (χ4v) is 6.68. The summed E-state index contributed by atoms with van der Waals surface area (Å²) in [6.45, 7) is 14.9. The van der Waals surface area contributed by atoms with Crippen LogP contribution < -0.4 is 15.4 Å². The summed E-state index contributed by atoms with van der Waals surface area (Å²) in [5, 5.41) is 12.2. The van der Waals surface area contributed by atoms with Crippen molar-refractivity contribution >= 4 is 51.2 Å². The lowest BCUT2D eigenvalue weighted by atomic mass is 9.92. The van der Waals surface area contributed by atoms with Crippen LogP contribution >= 0.6 is 11.6 Å². The molecule has 14 heteroatoms. The zero-order valence-corrected chi connectivity index (χ0v) is 34.3. The van der Waals surface area contributed by atoms with Crippen molar-refractivity contribution in [3.05, 3.63) is 102 Å². The van der Waals surface area contributed by atoms with Gasteiger partial charge in [-0.2, -0.15) is 5.10 Å². The quantitative estimate of drug-likeness (QED) is 0.129. The number of likely N-dealkylation sites (N-methyl/N-ethyl adjacent to an activating group) is 2. The number of carbonyl (C=O) groups excluding carboxylic acids is 3. The molecule has 2 aromatic heterocycles. The van der Waals surface area contributed by atoms with Crippen molar-refractivity contribution in [1.82, 2.24) is 34.4 Å². The van der Waals surface area contributed by atoms with Crippen LogP contribution in [0.15, 0.2) is 85.1 Å². The molecule has 0 saturated carbocycles. The second-order valence-electron chi connectivity index (χ2n) is 15.6. The van der Waals surface area contributed by atoms with Gasteiger partial charge in [0.05, 0.1) is 29.2 Å². The highest BCUT2D eigenvalue weighted by Crippen LogP contribution is 2.35. The van der Waals surface area contributed by atoms with Crippen molar-refractivity contribution < 1.29 is 19.1 Å². The first kappa shape index (κ1) is 41.1. The third-order valence-electron chi connectivity index (χ3n) is 10.1. The summed E-state index contributed by atoms with van der Waals surface area (Å²) < 4.78 is 8.09. The molecular weight excluding hydrogens is 742 g/mol. The van der Waals surface area contributed by atoms with Crippen LogP contribution in [0.3, 0.4) is 0 Å². The van der Waals surface area contributed by atoms with Crippen molar-refractivity contribution in [3.63, 3.8) is 0 Å². The number of hydrogen-bond donors (Lipinski definition) is 2. The summed E-state index contributed by atoms with van der Waals surface area (Å²) in [5.41, 5.74) is 3.95. The molecule has 2 aliphatic rings. The number of urea groups is 1. The highest BCUT2D eigenvalue weighted by Gasteiger charge is 2.23. The van der Waals surface area contributed by atoms with Crippen LogP contribution in [0.2, 0.25) is 0 Å². The Morgan fingerprint density at radius 1 is 0.772 bits per heavy atom. The zero-order chi connectivity index (χ0) is 40.7. The first-order chi connectivity index (χ1) is 27.2. The lowest BCUT2D eigenvalue weighted by Crippen LogP contribution is -2.47. The molecule has 4 amide bonds. The molecule has 5 aromatic rings. The molecule has 57 heavy (non-hydrogen) atoms. The van der Waals surface area contributed by atoms with Crippen LogP contribution in [0.5, 0.6) is 11.5 Å². The van der Waals surface area contributed by atoms with E-state index in [2.05, 4.69) is 53.2 Å². The monoisotopic (exact) mass is 793 g/mol. The number of nitrogens with zero attached hydrogens (tertiary/aromatic N) is 7. The number of rotatable bonds is 7. The van der Waals surface area contributed by atoms with E-state index >= 15 is 0 Å². The number of benzene rings is 3. The lowest BCUT2D eigenvalue weighted by Gasteiger charge is -2.32. The number of nitrogens with one attached hydrogen (secondary N) is 2. The van der Waals surface area contributed by atoms with Crippen molar-refractivity contribution in [2.24, 2.45) is 0 Å². The molecule has 4 heterocycles. The Bertz CT molecular complexity index is 2190. The molecule has 300 valence electrons. The van der Waals surface area contributed by atoms with Gasteiger partial charge >= 0.3 is 11.4 Å². The topological polar surface area (TPSA) is 128 Å². The molecule has 2 fully saturated rings. The van der Waals surface area contributed by atoms with Crippen LogP contribution in [0.4, 0.5) is 21.1 Å². The third kappa shape index (κ3) is 10.9. The molecule has 2 aliphatic heterocycles. The van der Waals surface area contributed by atoms with E-state index in [1.54, 1.807) is 21.8 Å². The fourth-order valence-electron chi connectivity index (χ4n) is 6.51. The van der Waals surface area contributed by atoms with Crippen molar-refractivity contribution in [2.75, 3.05) is 77.1 Å². The van der Waals surface area contributed by atoms with Crippen LogP contribution in [-0.4, -0.2) is 118 Å². The Morgan fingerprint density at radius 3 is 2.04 bits per heavy atom. The van der Waals surface area contributed by atoms with E-state index in [1.807, 2.05) is 91.7 Å². The Balaban J connectivity index is 0.000000479. The van der Waals surface area contributed by atoms with Crippen molar-refractivity contribution in [2.45, 2.75) is 39.5 Å². The summed E-state index contributed by atoms with van der Waals surface area (Å²) in [6.07, 6.45) is 1.89. The number of anilines is 2. The molecule has 0 aliphatic carbocycles. The van der Waals surface area contributed by atoms with Gasteiger partial charge in [0.15, 0.2) is 0 Å². The van der Waals surface area contributed by atoms with Gasteiger partial charge in [-0.15, -0.1) is 0 Å². The second-order valence-corrected chi connectivity index (χ2v) is 16.0. The van der Waals surface area contributed by atoms with Crippen LogP contribution in [-0.2, 0) is 16.6 Å². The zero-order valence-electron chi connectivity index (χ0n) is 33.6. The van der Waals surface area contributed by atoms with Gasteiger partial charge in [-0.3, -0.25) is 19.9 Å². The maximum Gasteiger partial charge on any atom is 0.324 e. The highest BCUT2D eigenvalue weighted by atomic mass is 35.5. The molecule has 0 bridgehead atoms. The van der Waals surface area contributed by atoms with E-state index in [0.717, 1.165) is 80.1 Å². The maximum atomic E-state index is 13.4. The highest BCUT2D eigenvalue weighted by molar-refractivity contribution is 6.62. The van der Waals surface area contributed by atoms with Crippen LogP contribution in [0, 0.1) is 6.92 Å². The largest absolute Gasteiger partial charge is 0.457 e. The molecule has 2 N–H and O–H groups in total. The van der Waals surface area contributed by atoms with E-state index in [-0.39, 0.29) is 29.1 Å². The Kier molecular flexibility index (Phi) is 13.1. The van der Waals surface area contributed by atoms with E-state index in [4.69, 9.17) is 21.4 Å². The Morgan fingerprint density at radius 2 is 1.40 bits per heavy atom. The van der Waals surface area contributed by atoms with E-state index in [1.165, 1.54) is 0 Å². The van der Waals surface area contributed by atoms with Gasteiger partial charge in [0.2, 0.25) is 5.91 Å². The number of fused-ring (bicyclic) bond motifs is 1. The average Bonchev–Trinajstić information content (AvgIpc) is 3.61. The van der Waals surface area contributed by atoms with Crippen LogP contribution in [0.25, 0.3) is 16.5 Å². The third-order valence-corrected chi connectivity index (χ3v) is 10.3. The van der Waals surface area contributed by atoms with Gasteiger partial charge < -0.3 is 29.7 Å². The number of halogens is 1. The van der Waals surface area contributed by atoms with Crippen molar-refractivity contribution in [1.29, 1.82) is 0 Å². The van der Waals surface area contributed by atoms with E-state index in [0.29, 0.717) is 28.7 Å². The van der Waals surface area contributed by atoms with Gasteiger partial charge in [0, 0.05) is 86.9 Å². The second kappa shape index (κ2) is 18.2. The molecule has 0 atom stereocenters. The summed E-state index contributed by atoms with van der Waals surface area (Å²) in [6, 6.07) is 24.5. The number of ether oxygens (including phenoxy) is 1. The molecule has 13 nitrogen and oxygen atoms in total. The maximum absolute atomic E-state index is 13.4. The first-order valence-electron chi connectivity index (χ1n) is 19.2. The first-order valence-corrected chi connectivity index (χ1v) is 19.6. The van der Waals surface area contributed by atoms with Gasteiger partial charge in [0.25, 0.3) is 0 Å². The Labute approximate surface area is 339 Å². The fraction of sp³-hybridized carbons (Fsp3) is 0.372. The molecule has 0 unspecified atom stereocenters. The molecule has 2 saturated heterocycles. The molecule has 0 spiro atoms. The number of piperazine rings is 2. The molecule has 3 aromatic carbocycles. The smallest absolute Gasteiger partial charge is 0.324 e. The predicted molar refractivity (Wildman–Crippen MR) is 226 cm³/mol. The number of aryl methyl sites for hydroxylation is 1. The summed E-state index contributed by atoms with van der Waals surface area (Å²) in [7, 11) is 4.10. The SMILES string of the molecule is CN1CCN(C(=O)Cl)CC1.Cc1ccc(-n2nc(C(C)(C)C)cc2NC(=O)Nc2ccc(Oc3ccnc(CC(=O)N4CCN(C)CC4)c3)c3ccccc23)cc1. The lowest BCUT2D eigenvalue weighted by molar-refractivity contribution is -0.132. The summed E-state index contributed by atoms with van der Waals surface area (Å²) in [4.78, 5) is 49.3. The number of amides is 4. The molecule has 0 radical (unpaired) electrons. The minimum atomic E-state index is -0.388. The van der Waals surface area contributed by atoms with Gasteiger partial charge in [0.1, 0.15) is 17.3 Å². The van der Waals surface area contributed by atoms with E-state index < -0.39 is 0 Å². The molecular formula is C43H52ClN9O4. The Hall–Kier alpha value is -5.50. The summed E-state index contributed by atoms with van der Waals surface area (Å²) in [5.74, 6) is 1.85. The number of pyridine rings is 1.